The minimum Gasteiger partial charge on any atom is -0.362 e. The van der Waals surface area contributed by atoms with Crippen molar-refractivity contribution in [2.45, 2.75) is 6.92 Å². The highest BCUT2D eigenvalue weighted by Crippen LogP contribution is 2.24. The Bertz CT molecular complexity index is 526. The van der Waals surface area contributed by atoms with Crippen LogP contribution in [0.1, 0.15) is 17.1 Å². The number of aryl methyl sites for hydroxylation is 1. The van der Waals surface area contributed by atoms with Gasteiger partial charge in [0.05, 0.1) is 4.92 Å². The lowest BCUT2D eigenvalue weighted by molar-refractivity contribution is -0.386. The van der Waals surface area contributed by atoms with Gasteiger partial charge in [0.2, 0.25) is 5.76 Å². The molecule has 16 heavy (non-hydrogen) atoms. The van der Waals surface area contributed by atoms with Gasteiger partial charge in [-0.05, 0) is 31.2 Å². The Kier molecular flexibility index (Phi) is 2.55. The minimum atomic E-state index is -0.500. The largest absolute Gasteiger partial charge is 0.362 e. The summed E-state index contributed by atoms with van der Waals surface area (Å²) >= 11 is 0. The number of rotatable bonds is 3. The molecule has 2 aromatic rings. The van der Waals surface area contributed by atoms with Crippen LogP contribution in [-0.2, 0) is 0 Å². The molecule has 2 rings (SSSR count). The zero-order chi connectivity index (χ0) is 11.5. The smallest absolute Gasteiger partial charge is 0.338 e. The van der Waals surface area contributed by atoms with Crippen molar-refractivity contribution in [1.82, 2.24) is 10.1 Å². The Balaban J connectivity index is 2.32. The molecular weight excluding hydrogens is 210 g/mol. The number of hydrogen-bond acceptors (Lipinski definition) is 4. The molecule has 0 aliphatic rings. The van der Waals surface area contributed by atoms with Crippen LogP contribution in [0.15, 0.2) is 22.9 Å². The summed E-state index contributed by atoms with van der Waals surface area (Å²) in [5.74, 6) is 0.150. The number of nitro groups is 1. The van der Waals surface area contributed by atoms with E-state index in [4.69, 9.17) is 4.52 Å². The number of nitrogens with zero attached hydrogens (tertiary/aromatic N) is 2. The molecule has 0 radical (unpaired) electrons. The maximum Gasteiger partial charge on any atom is 0.338 e. The van der Waals surface area contributed by atoms with Gasteiger partial charge in [-0.1, -0.05) is 5.16 Å². The first-order valence-electron chi connectivity index (χ1n) is 4.60. The van der Waals surface area contributed by atoms with Gasteiger partial charge in [-0.15, -0.1) is 0 Å². The van der Waals surface area contributed by atoms with Crippen LogP contribution in [0.3, 0.4) is 0 Å². The van der Waals surface area contributed by atoms with Crippen molar-refractivity contribution in [3.63, 3.8) is 0 Å². The van der Waals surface area contributed by atoms with Crippen molar-refractivity contribution in [2.75, 3.05) is 0 Å². The highest BCUT2D eigenvalue weighted by molar-refractivity contribution is 5.70. The average Bonchev–Trinajstić information content (AvgIpc) is 2.83. The number of H-pyrrole nitrogens is 1. The number of aromatic amines is 1. The van der Waals surface area contributed by atoms with Gasteiger partial charge < -0.3 is 9.51 Å². The van der Waals surface area contributed by atoms with Crippen molar-refractivity contribution in [3.8, 4) is 0 Å². The standard InChI is InChI=1S/C10H9N3O3/c1-7-10(13(14)15)9(16-12-7)5-4-8-3-2-6-11-8/h2-6,11H,1H3/b5-4-. The van der Waals surface area contributed by atoms with E-state index in [0.29, 0.717) is 0 Å². The summed E-state index contributed by atoms with van der Waals surface area (Å²) in [5.41, 5.74) is 1.02. The molecule has 0 spiro atoms. The predicted molar refractivity (Wildman–Crippen MR) is 57.6 cm³/mol. The van der Waals surface area contributed by atoms with Gasteiger partial charge in [0.25, 0.3) is 0 Å². The molecule has 6 heteroatoms. The second kappa shape index (κ2) is 4.01. The van der Waals surface area contributed by atoms with Crippen molar-refractivity contribution in [1.29, 1.82) is 0 Å². The fraction of sp³-hybridized carbons (Fsp3) is 0.100. The molecule has 0 unspecified atom stereocenters. The fourth-order valence-corrected chi connectivity index (χ4v) is 1.33. The zero-order valence-electron chi connectivity index (χ0n) is 8.51. The van der Waals surface area contributed by atoms with E-state index in [0.717, 1.165) is 5.69 Å². The van der Waals surface area contributed by atoms with Crippen LogP contribution in [0.4, 0.5) is 5.69 Å². The quantitative estimate of drug-likeness (QED) is 0.634. The van der Waals surface area contributed by atoms with E-state index in [1.165, 1.54) is 13.0 Å². The molecule has 0 amide bonds. The van der Waals surface area contributed by atoms with E-state index in [2.05, 4.69) is 10.1 Å². The monoisotopic (exact) mass is 219 g/mol. The van der Waals surface area contributed by atoms with Crippen molar-refractivity contribution in [2.24, 2.45) is 0 Å². The molecule has 0 aromatic carbocycles. The third kappa shape index (κ3) is 1.85. The van der Waals surface area contributed by atoms with E-state index < -0.39 is 4.92 Å². The predicted octanol–water partition coefficient (Wildman–Crippen LogP) is 2.39. The van der Waals surface area contributed by atoms with Gasteiger partial charge in [0, 0.05) is 11.9 Å². The number of nitrogens with one attached hydrogen (secondary N) is 1. The van der Waals surface area contributed by atoms with E-state index in [-0.39, 0.29) is 17.1 Å². The molecule has 0 saturated heterocycles. The summed E-state index contributed by atoms with van der Waals surface area (Å²) in [4.78, 5) is 13.2. The van der Waals surface area contributed by atoms with Crippen molar-refractivity contribution < 1.29 is 9.45 Å². The third-order valence-corrected chi connectivity index (χ3v) is 2.08. The SMILES string of the molecule is Cc1noc(/C=C\c2ccc[nH]2)c1[N+](=O)[O-]. The number of hydrogen-bond donors (Lipinski definition) is 1. The number of aromatic nitrogens is 2. The lowest BCUT2D eigenvalue weighted by Crippen LogP contribution is -1.90. The van der Waals surface area contributed by atoms with E-state index in [1.54, 1.807) is 12.3 Å². The second-order valence-corrected chi connectivity index (χ2v) is 3.20. The molecule has 0 aliphatic heterocycles. The van der Waals surface area contributed by atoms with E-state index >= 15 is 0 Å². The van der Waals surface area contributed by atoms with Gasteiger partial charge in [0.1, 0.15) is 0 Å². The third-order valence-electron chi connectivity index (χ3n) is 2.08. The average molecular weight is 219 g/mol. The first-order chi connectivity index (χ1) is 7.68. The molecule has 2 heterocycles. The van der Waals surface area contributed by atoms with Crippen LogP contribution >= 0.6 is 0 Å². The van der Waals surface area contributed by atoms with Crippen molar-refractivity contribution in [3.05, 3.63) is 45.6 Å². The highest BCUT2D eigenvalue weighted by atomic mass is 16.6. The lowest BCUT2D eigenvalue weighted by atomic mass is 10.3. The van der Waals surface area contributed by atoms with E-state index in [9.17, 15) is 10.1 Å². The maximum atomic E-state index is 10.7. The Morgan fingerprint density at radius 1 is 1.56 bits per heavy atom. The minimum absolute atomic E-state index is 0.0946. The molecule has 0 bridgehead atoms. The zero-order valence-corrected chi connectivity index (χ0v) is 8.51. The Labute approximate surface area is 90.7 Å². The summed E-state index contributed by atoms with van der Waals surface area (Å²) < 4.78 is 4.86. The molecular formula is C10H9N3O3. The molecule has 0 aliphatic carbocycles. The molecule has 0 atom stereocenters. The van der Waals surface area contributed by atoms with Crippen LogP contribution in [-0.4, -0.2) is 15.1 Å². The van der Waals surface area contributed by atoms with Crippen molar-refractivity contribution >= 4 is 17.8 Å². The molecule has 1 N–H and O–H groups in total. The summed E-state index contributed by atoms with van der Waals surface area (Å²) in [7, 11) is 0. The summed E-state index contributed by atoms with van der Waals surface area (Å²) in [6.45, 7) is 1.54. The van der Waals surface area contributed by atoms with Gasteiger partial charge in [-0.25, -0.2) is 0 Å². The van der Waals surface area contributed by atoms with Gasteiger partial charge >= 0.3 is 5.69 Å². The van der Waals surface area contributed by atoms with Crippen LogP contribution in [0.25, 0.3) is 12.2 Å². The molecule has 0 saturated carbocycles. The second-order valence-electron chi connectivity index (χ2n) is 3.20. The van der Waals surface area contributed by atoms with E-state index in [1.807, 2.05) is 12.1 Å². The maximum absolute atomic E-state index is 10.7. The molecule has 2 aromatic heterocycles. The Morgan fingerprint density at radius 3 is 3.00 bits per heavy atom. The van der Waals surface area contributed by atoms with Crippen LogP contribution in [0, 0.1) is 17.0 Å². The summed E-state index contributed by atoms with van der Waals surface area (Å²) in [6, 6.07) is 3.67. The van der Waals surface area contributed by atoms with Gasteiger partial charge in [-0.2, -0.15) is 0 Å². The highest BCUT2D eigenvalue weighted by Gasteiger charge is 2.21. The Hall–Kier alpha value is -2.37. The first-order valence-corrected chi connectivity index (χ1v) is 4.60. The first kappa shape index (κ1) is 10.2. The molecule has 82 valence electrons. The Morgan fingerprint density at radius 2 is 2.38 bits per heavy atom. The van der Waals surface area contributed by atoms with Crippen LogP contribution in [0.5, 0.6) is 0 Å². The fourth-order valence-electron chi connectivity index (χ4n) is 1.33. The molecule has 0 fully saturated rings. The van der Waals surface area contributed by atoms with Crippen LogP contribution < -0.4 is 0 Å². The molecule has 6 nitrogen and oxygen atoms in total. The lowest BCUT2D eigenvalue weighted by Gasteiger charge is -1.87. The summed E-state index contributed by atoms with van der Waals surface area (Å²) in [5, 5.41) is 14.3. The normalized spacial score (nSPS) is 11.1. The van der Waals surface area contributed by atoms with Gasteiger partial charge in [-0.3, -0.25) is 10.1 Å². The topological polar surface area (TPSA) is 85.0 Å². The van der Waals surface area contributed by atoms with Gasteiger partial charge in [0.15, 0.2) is 5.69 Å². The summed E-state index contributed by atoms with van der Waals surface area (Å²) in [6.07, 6.45) is 4.97. The van der Waals surface area contributed by atoms with Crippen LogP contribution in [0.2, 0.25) is 0 Å².